The number of methoxy groups -OCH3 is 1. The second-order valence-electron chi connectivity index (χ2n) is 5.69. The molecule has 6 nitrogen and oxygen atoms in total. The molecule has 0 saturated carbocycles. The molecule has 0 aliphatic heterocycles. The minimum atomic E-state index is 0.539. The number of aromatic nitrogens is 1. The molecule has 26 heavy (non-hydrogen) atoms. The normalized spacial score (nSPS) is 11.4. The van der Waals surface area contributed by atoms with Crippen molar-refractivity contribution in [2.75, 3.05) is 21.2 Å². The van der Waals surface area contributed by atoms with Crippen molar-refractivity contribution in [1.29, 1.82) is 0 Å². The maximum absolute atomic E-state index is 5.55. The molecule has 0 radical (unpaired) electrons. The highest BCUT2D eigenvalue weighted by Crippen LogP contribution is 2.23. The van der Waals surface area contributed by atoms with Crippen LogP contribution in [0.5, 0.6) is 5.75 Å². The van der Waals surface area contributed by atoms with Gasteiger partial charge in [0, 0.05) is 26.2 Å². The zero-order chi connectivity index (χ0) is 18.4. The number of benzene rings is 1. The van der Waals surface area contributed by atoms with Crippen LogP contribution in [0.2, 0.25) is 0 Å². The van der Waals surface area contributed by atoms with E-state index >= 15 is 0 Å². The molecule has 3 aromatic rings. The predicted octanol–water partition coefficient (Wildman–Crippen LogP) is 3.62. The lowest BCUT2D eigenvalue weighted by molar-refractivity contribution is 0.396. The summed E-state index contributed by atoms with van der Waals surface area (Å²) in [5, 5.41) is 5.32. The Morgan fingerprint density at radius 3 is 2.88 bits per heavy atom. The summed E-state index contributed by atoms with van der Waals surface area (Å²) in [6.07, 6.45) is 1.68. The minimum absolute atomic E-state index is 0.539. The Kier molecular flexibility index (Phi) is 5.91. The summed E-state index contributed by atoms with van der Waals surface area (Å²) < 4.78 is 11.0. The molecule has 1 N–H and O–H groups in total. The van der Waals surface area contributed by atoms with Crippen LogP contribution in [0.25, 0.3) is 10.8 Å². The minimum Gasteiger partial charge on any atom is -0.496 e. The van der Waals surface area contributed by atoms with Crippen LogP contribution < -0.4 is 10.1 Å². The van der Waals surface area contributed by atoms with Crippen LogP contribution in [-0.2, 0) is 13.1 Å². The van der Waals surface area contributed by atoms with Crippen LogP contribution in [0.1, 0.15) is 11.3 Å². The van der Waals surface area contributed by atoms with Crippen LogP contribution in [0, 0.1) is 0 Å². The Morgan fingerprint density at radius 2 is 2.15 bits per heavy atom. The van der Waals surface area contributed by atoms with Gasteiger partial charge in [-0.3, -0.25) is 4.99 Å². The second kappa shape index (κ2) is 8.53. The maximum Gasteiger partial charge on any atom is 0.236 e. The monoisotopic (exact) mass is 370 g/mol. The fraction of sp³-hybridized carbons (Fsp3) is 0.263. The van der Waals surface area contributed by atoms with Crippen molar-refractivity contribution in [2.24, 2.45) is 4.99 Å². The Balaban J connectivity index is 1.61. The number of para-hydroxylation sites is 1. The first-order valence-electron chi connectivity index (χ1n) is 8.23. The number of hydrogen-bond acceptors (Lipinski definition) is 5. The van der Waals surface area contributed by atoms with Crippen LogP contribution in [0.3, 0.4) is 0 Å². The number of thiophene rings is 1. The Labute approximate surface area is 157 Å². The molecule has 3 rings (SSSR count). The summed E-state index contributed by atoms with van der Waals surface area (Å²) in [5.74, 6) is 2.29. The number of nitrogens with one attached hydrogen (secondary N) is 1. The highest BCUT2D eigenvalue weighted by Gasteiger charge is 2.12. The van der Waals surface area contributed by atoms with Crippen molar-refractivity contribution in [3.63, 3.8) is 0 Å². The number of aliphatic imine (C=N–C) groups is 1. The molecule has 0 unspecified atom stereocenters. The summed E-state index contributed by atoms with van der Waals surface area (Å²) in [4.78, 5) is 11.9. The average Bonchev–Trinajstić information content (AvgIpc) is 3.34. The third-order valence-electron chi connectivity index (χ3n) is 3.88. The lowest BCUT2D eigenvalue weighted by Crippen LogP contribution is -2.38. The van der Waals surface area contributed by atoms with E-state index < -0.39 is 0 Å². The van der Waals surface area contributed by atoms with Gasteiger partial charge in [-0.1, -0.05) is 24.3 Å². The van der Waals surface area contributed by atoms with E-state index in [2.05, 4.69) is 15.3 Å². The number of guanidine groups is 1. The Bertz CT molecular complexity index is 858. The van der Waals surface area contributed by atoms with Gasteiger partial charge < -0.3 is 19.4 Å². The first kappa shape index (κ1) is 18.0. The maximum atomic E-state index is 5.55. The molecule has 136 valence electrons. The molecule has 0 atom stereocenters. The molecule has 0 spiro atoms. The van der Waals surface area contributed by atoms with Crippen LogP contribution in [-0.4, -0.2) is 37.0 Å². The SMILES string of the molecule is CN=C(NCc1coc(-c2cccs2)n1)N(C)Cc1ccccc1OC. The molecule has 2 heterocycles. The molecule has 2 aromatic heterocycles. The number of oxazole rings is 1. The summed E-state index contributed by atoms with van der Waals surface area (Å²) in [5.41, 5.74) is 1.93. The van der Waals surface area contributed by atoms with Gasteiger partial charge in [-0.15, -0.1) is 11.3 Å². The van der Waals surface area contributed by atoms with Gasteiger partial charge in [-0.25, -0.2) is 4.98 Å². The smallest absolute Gasteiger partial charge is 0.236 e. The molecule has 1 aromatic carbocycles. The Morgan fingerprint density at radius 1 is 1.31 bits per heavy atom. The van der Waals surface area contributed by atoms with Gasteiger partial charge in [0.05, 0.1) is 24.2 Å². The molecule has 0 aliphatic carbocycles. The molecular formula is C19H22N4O2S. The van der Waals surface area contributed by atoms with Gasteiger partial charge >= 0.3 is 0 Å². The van der Waals surface area contributed by atoms with Crippen molar-refractivity contribution in [2.45, 2.75) is 13.1 Å². The van der Waals surface area contributed by atoms with Crippen molar-refractivity contribution < 1.29 is 9.15 Å². The summed E-state index contributed by atoms with van der Waals surface area (Å²) in [6, 6.07) is 12.0. The van der Waals surface area contributed by atoms with Gasteiger partial charge in [0.2, 0.25) is 5.89 Å². The number of ether oxygens (including phenoxy) is 1. The van der Waals surface area contributed by atoms with Crippen molar-refractivity contribution >= 4 is 17.3 Å². The lowest BCUT2D eigenvalue weighted by atomic mass is 10.2. The number of nitrogens with zero attached hydrogens (tertiary/aromatic N) is 3. The third-order valence-corrected chi connectivity index (χ3v) is 4.74. The molecule has 0 amide bonds. The molecule has 0 bridgehead atoms. The lowest BCUT2D eigenvalue weighted by Gasteiger charge is -2.22. The quantitative estimate of drug-likeness (QED) is 0.530. The van der Waals surface area contributed by atoms with E-state index in [1.54, 1.807) is 31.8 Å². The third kappa shape index (κ3) is 4.23. The highest BCUT2D eigenvalue weighted by atomic mass is 32.1. The van der Waals surface area contributed by atoms with Crippen molar-refractivity contribution in [3.05, 3.63) is 59.3 Å². The van der Waals surface area contributed by atoms with Gasteiger partial charge in [-0.2, -0.15) is 0 Å². The average molecular weight is 370 g/mol. The van der Waals surface area contributed by atoms with Gasteiger partial charge in [0.1, 0.15) is 12.0 Å². The first-order chi connectivity index (χ1) is 12.7. The van der Waals surface area contributed by atoms with Gasteiger partial charge in [0.15, 0.2) is 5.96 Å². The van der Waals surface area contributed by atoms with E-state index in [9.17, 15) is 0 Å². The molecular weight excluding hydrogens is 348 g/mol. The standard InChI is InChI=1S/C19H22N4O2S/c1-20-19(23(2)12-14-7-4-5-8-16(14)24-3)21-11-15-13-25-18(22-15)17-9-6-10-26-17/h4-10,13H,11-12H2,1-3H3,(H,20,21). The highest BCUT2D eigenvalue weighted by molar-refractivity contribution is 7.13. The van der Waals surface area contributed by atoms with Crippen LogP contribution >= 0.6 is 11.3 Å². The van der Waals surface area contributed by atoms with E-state index in [0.717, 1.165) is 27.8 Å². The van der Waals surface area contributed by atoms with Gasteiger partial charge in [0.25, 0.3) is 0 Å². The van der Waals surface area contributed by atoms with Crippen LogP contribution in [0.15, 0.2) is 57.5 Å². The molecule has 0 aliphatic rings. The van der Waals surface area contributed by atoms with E-state index in [1.165, 1.54) is 0 Å². The van der Waals surface area contributed by atoms with E-state index in [1.807, 2.05) is 53.7 Å². The van der Waals surface area contributed by atoms with Gasteiger partial charge in [-0.05, 0) is 17.5 Å². The molecule has 0 saturated heterocycles. The van der Waals surface area contributed by atoms with Crippen LogP contribution in [0.4, 0.5) is 0 Å². The predicted molar refractivity (Wildman–Crippen MR) is 104 cm³/mol. The summed E-state index contributed by atoms with van der Waals surface area (Å²) in [6.45, 7) is 1.22. The zero-order valence-electron chi connectivity index (χ0n) is 15.1. The fourth-order valence-electron chi connectivity index (χ4n) is 2.62. The van der Waals surface area contributed by atoms with E-state index in [0.29, 0.717) is 19.0 Å². The fourth-order valence-corrected chi connectivity index (χ4v) is 3.28. The first-order valence-corrected chi connectivity index (χ1v) is 9.11. The Hall–Kier alpha value is -2.80. The number of rotatable bonds is 6. The molecule has 0 fully saturated rings. The summed E-state index contributed by atoms with van der Waals surface area (Å²) in [7, 11) is 5.43. The van der Waals surface area contributed by atoms with E-state index in [-0.39, 0.29) is 0 Å². The summed E-state index contributed by atoms with van der Waals surface area (Å²) >= 11 is 1.61. The van der Waals surface area contributed by atoms with Crippen molar-refractivity contribution in [3.8, 4) is 16.5 Å². The topological polar surface area (TPSA) is 62.9 Å². The van der Waals surface area contributed by atoms with E-state index in [4.69, 9.17) is 9.15 Å². The zero-order valence-corrected chi connectivity index (χ0v) is 15.9. The number of hydrogen-bond donors (Lipinski definition) is 1. The second-order valence-corrected chi connectivity index (χ2v) is 6.64. The molecule has 7 heteroatoms. The van der Waals surface area contributed by atoms with Crippen molar-refractivity contribution in [1.82, 2.24) is 15.2 Å². The largest absolute Gasteiger partial charge is 0.496 e.